The minimum atomic E-state index is -1.39. The fourth-order valence-electron chi connectivity index (χ4n) is 3.38. The van der Waals surface area contributed by atoms with Crippen molar-refractivity contribution >= 4 is 17.9 Å². The van der Waals surface area contributed by atoms with E-state index in [1.165, 1.54) is 30.3 Å². The number of hydrogen-bond donors (Lipinski definition) is 2. The summed E-state index contributed by atoms with van der Waals surface area (Å²) >= 11 is 0. The van der Waals surface area contributed by atoms with Crippen LogP contribution in [0.25, 0.3) is 11.4 Å². The van der Waals surface area contributed by atoms with E-state index in [0.717, 1.165) is 0 Å². The van der Waals surface area contributed by atoms with Crippen LogP contribution in [0.2, 0.25) is 0 Å². The van der Waals surface area contributed by atoms with E-state index < -0.39 is 18.3 Å². The lowest BCUT2D eigenvalue weighted by atomic mass is 10.2. The van der Waals surface area contributed by atoms with Crippen LogP contribution in [-0.2, 0) is 4.74 Å². The van der Waals surface area contributed by atoms with Gasteiger partial charge in [-0.3, -0.25) is 4.79 Å². The van der Waals surface area contributed by atoms with E-state index in [1.807, 2.05) is 0 Å². The number of rotatable bonds is 6. The molecule has 3 aromatic rings. The van der Waals surface area contributed by atoms with Crippen LogP contribution in [0.1, 0.15) is 23.3 Å². The van der Waals surface area contributed by atoms with Gasteiger partial charge >= 0.3 is 6.16 Å². The Labute approximate surface area is 182 Å². The van der Waals surface area contributed by atoms with Crippen molar-refractivity contribution < 1.29 is 28.6 Å². The fraction of sp³-hybridized carbons (Fsp3) is 0.182. The first kappa shape index (κ1) is 21.0. The maximum Gasteiger partial charge on any atom is 0.507 e. The standard InChI is InChI=1S/C22H19FN4O5/c23-14-5-9-16(10-6-14)31-15-7-3-13(4-8-15)21-25-17(20(24)28)12-18(26-21)27-11-1-2-19(27)32-22(29)30/h3-10,12,19H,1-2,11H2,(H2,24,28)(H,29,30)/t19-/m0/s1. The quantitative estimate of drug-likeness (QED) is 0.556. The molecule has 0 saturated carbocycles. The van der Waals surface area contributed by atoms with Crippen molar-refractivity contribution in [3.05, 3.63) is 66.1 Å². The molecule has 10 heteroatoms. The van der Waals surface area contributed by atoms with Gasteiger partial charge in [0, 0.05) is 24.6 Å². The Balaban J connectivity index is 1.62. The minimum absolute atomic E-state index is 0.00221. The SMILES string of the molecule is NC(=O)c1cc(N2CCC[C@@H]2OC(=O)O)nc(-c2ccc(Oc3ccc(F)cc3)cc2)n1. The van der Waals surface area contributed by atoms with Crippen LogP contribution in [0.3, 0.4) is 0 Å². The van der Waals surface area contributed by atoms with Crippen molar-refractivity contribution in [2.75, 3.05) is 11.4 Å². The molecule has 0 aliphatic carbocycles. The molecule has 0 radical (unpaired) electrons. The third-order valence-corrected chi connectivity index (χ3v) is 4.86. The topological polar surface area (TPSA) is 128 Å². The van der Waals surface area contributed by atoms with Crippen LogP contribution < -0.4 is 15.4 Å². The van der Waals surface area contributed by atoms with Gasteiger partial charge in [0.25, 0.3) is 5.91 Å². The number of carbonyl (C=O) groups is 2. The molecule has 9 nitrogen and oxygen atoms in total. The number of aromatic nitrogens is 2. The van der Waals surface area contributed by atoms with Crippen molar-refractivity contribution in [1.82, 2.24) is 9.97 Å². The lowest BCUT2D eigenvalue weighted by Crippen LogP contribution is -2.34. The predicted octanol–water partition coefficient (Wildman–Crippen LogP) is 3.79. The second-order valence-electron chi connectivity index (χ2n) is 7.05. The summed E-state index contributed by atoms with van der Waals surface area (Å²) < 4.78 is 23.7. The Kier molecular flexibility index (Phi) is 5.84. The number of primary amides is 1. The first-order valence-corrected chi connectivity index (χ1v) is 9.78. The number of amides is 1. The first-order valence-electron chi connectivity index (χ1n) is 9.78. The number of halogens is 1. The molecule has 0 bridgehead atoms. The van der Waals surface area contributed by atoms with E-state index >= 15 is 0 Å². The smallest absolute Gasteiger partial charge is 0.457 e. The molecule has 1 amide bonds. The molecule has 32 heavy (non-hydrogen) atoms. The number of carbonyl (C=O) groups excluding carboxylic acids is 1. The molecule has 4 rings (SSSR count). The summed E-state index contributed by atoms with van der Waals surface area (Å²) in [5.74, 6) is 0.489. The van der Waals surface area contributed by atoms with Gasteiger partial charge in [-0.05, 0) is 55.0 Å². The molecule has 1 aliphatic heterocycles. The predicted molar refractivity (Wildman–Crippen MR) is 112 cm³/mol. The summed E-state index contributed by atoms with van der Waals surface area (Å²) in [7, 11) is 0. The average Bonchev–Trinajstić information content (AvgIpc) is 3.23. The van der Waals surface area contributed by atoms with E-state index in [2.05, 4.69) is 9.97 Å². The van der Waals surface area contributed by atoms with Crippen LogP contribution >= 0.6 is 0 Å². The molecule has 2 heterocycles. The highest BCUT2D eigenvalue weighted by Gasteiger charge is 2.30. The Hall–Kier alpha value is -4.21. The maximum atomic E-state index is 13.0. The number of nitrogens with two attached hydrogens (primary N) is 1. The number of hydrogen-bond acceptors (Lipinski definition) is 7. The van der Waals surface area contributed by atoms with E-state index in [0.29, 0.717) is 42.3 Å². The van der Waals surface area contributed by atoms with Crippen molar-refractivity contribution in [2.24, 2.45) is 5.73 Å². The van der Waals surface area contributed by atoms with Crippen molar-refractivity contribution in [3.8, 4) is 22.9 Å². The third kappa shape index (κ3) is 4.75. The van der Waals surface area contributed by atoms with Crippen LogP contribution in [0, 0.1) is 5.82 Å². The summed E-state index contributed by atoms with van der Waals surface area (Å²) in [6.07, 6.45) is -0.878. The van der Waals surface area contributed by atoms with Gasteiger partial charge in [-0.15, -0.1) is 0 Å². The molecular formula is C22H19FN4O5. The van der Waals surface area contributed by atoms with Crippen LogP contribution in [0.4, 0.5) is 15.0 Å². The van der Waals surface area contributed by atoms with Gasteiger partial charge < -0.3 is 25.2 Å². The zero-order valence-corrected chi connectivity index (χ0v) is 16.8. The van der Waals surface area contributed by atoms with Gasteiger partial charge in [-0.2, -0.15) is 0 Å². The van der Waals surface area contributed by atoms with Crippen LogP contribution in [-0.4, -0.2) is 39.9 Å². The molecule has 0 spiro atoms. The van der Waals surface area contributed by atoms with Gasteiger partial charge in [-0.25, -0.2) is 19.2 Å². The maximum absolute atomic E-state index is 13.0. The van der Waals surface area contributed by atoms with Crippen LogP contribution in [0.5, 0.6) is 11.5 Å². The first-order chi connectivity index (χ1) is 15.4. The second kappa shape index (κ2) is 8.88. The number of carboxylic acid groups (broad SMARTS) is 1. The molecule has 1 aromatic heterocycles. The molecule has 0 unspecified atom stereocenters. The van der Waals surface area contributed by atoms with Gasteiger partial charge in [-0.1, -0.05) is 0 Å². The highest BCUT2D eigenvalue weighted by atomic mass is 19.1. The van der Waals surface area contributed by atoms with Crippen molar-refractivity contribution in [2.45, 2.75) is 19.1 Å². The number of nitrogens with zero attached hydrogens (tertiary/aromatic N) is 3. The molecule has 2 aromatic carbocycles. The number of benzene rings is 2. The molecule has 1 saturated heterocycles. The lowest BCUT2D eigenvalue weighted by molar-refractivity contribution is 0.0556. The van der Waals surface area contributed by atoms with E-state index in [9.17, 15) is 14.0 Å². The third-order valence-electron chi connectivity index (χ3n) is 4.86. The summed E-state index contributed by atoms with van der Waals surface area (Å²) in [5.41, 5.74) is 6.04. The van der Waals surface area contributed by atoms with Gasteiger partial charge in [0.2, 0.25) is 0 Å². The summed E-state index contributed by atoms with van der Waals surface area (Å²) in [6.45, 7) is 0.511. The number of anilines is 1. The van der Waals surface area contributed by atoms with Gasteiger partial charge in [0.1, 0.15) is 28.8 Å². The van der Waals surface area contributed by atoms with Crippen molar-refractivity contribution in [3.63, 3.8) is 0 Å². The zero-order chi connectivity index (χ0) is 22.7. The molecule has 164 valence electrons. The van der Waals surface area contributed by atoms with Gasteiger partial charge in [0.15, 0.2) is 12.1 Å². The van der Waals surface area contributed by atoms with E-state index in [-0.39, 0.29) is 17.3 Å². The Morgan fingerprint density at radius 3 is 2.34 bits per heavy atom. The molecule has 3 N–H and O–H groups in total. The molecule has 1 atom stereocenters. The van der Waals surface area contributed by atoms with E-state index in [1.54, 1.807) is 29.2 Å². The summed E-state index contributed by atoms with van der Waals surface area (Å²) in [5, 5.41) is 8.97. The number of ether oxygens (including phenoxy) is 2. The molecule has 1 aliphatic rings. The van der Waals surface area contributed by atoms with Crippen molar-refractivity contribution in [1.29, 1.82) is 0 Å². The van der Waals surface area contributed by atoms with E-state index in [4.69, 9.17) is 20.3 Å². The average molecular weight is 438 g/mol. The molecule has 1 fully saturated rings. The Bertz CT molecular complexity index is 1140. The van der Waals surface area contributed by atoms with Gasteiger partial charge in [0.05, 0.1) is 0 Å². The minimum Gasteiger partial charge on any atom is -0.457 e. The summed E-state index contributed by atoms with van der Waals surface area (Å²) in [4.78, 5) is 33.2. The normalized spacial score (nSPS) is 15.4. The lowest BCUT2D eigenvalue weighted by Gasteiger charge is -2.24. The highest BCUT2D eigenvalue weighted by molar-refractivity contribution is 5.92. The highest BCUT2D eigenvalue weighted by Crippen LogP contribution is 2.29. The second-order valence-corrected chi connectivity index (χ2v) is 7.05. The monoisotopic (exact) mass is 438 g/mol. The zero-order valence-electron chi connectivity index (χ0n) is 16.8. The fourth-order valence-corrected chi connectivity index (χ4v) is 3.38. The summed E-state index contributed by atoms with van der Waals surface area (Å²) in [6, 6.07) is 13.8. The van der Waals surface area contributed by atoms with Crippen LogP contribution in [0.15, 0.2) is 54.6 Å². The molecular weight excluding hydrogens is 419 g/mol. The largest absolute Gasteiger partial charge is 0.507 e. The Morgan fingerprint density at radius 1 is 1.06 bits per heavy atom. The Morgan fingerprint density at radius 2 is 1.72 bits per heavy atom.